The van der Waals surface area contributed by atoms with Crippen molar-refractivity contribution in [3.63, 3.8) is 0 Å². The highest BCUT2D eigenvalue weighted by Gasteiger charge is 2.39. The van der Waals surface area contributed by atoms with Crippen LogP contribution in [0, 0.1) is 0 Å². The summed E-state index contributed by atoms with van der Waals surface area (Å²) >= 11 is 0. The highest BCUT2D eigenvalue weighted by Crippen LogP contribution is 2.16. The molecule has 2 aliphatic heterocycles. The molecule has 8 nitrogen and oxygen atoms in total. The van der Waals surface area contributed by atoms with Gasteiger partial charge in [0.2, 0.25) is 10.0 Å². The van der Waals surface area contributed by atoms with Crippen molar-refractivity contribution in [2.45, 2.75) is 6.04 Å². The molecule has 0 spiro atoms. The number of carboxylic acids is 1. The van der Waals surface area contributed by atoms with E-state index >= 15 is 0 Å². The summed E-state index contributed by atoms with van der Waals surface area (Å²) in [6, 6.07) is -0.384. The molecule has 9 heteroatoms. The van der Waals surface area contributed by atoms with E-state index in [1.807, 2.05) is 0 Å². The Bertz CT molecular complexity index is 448. The Kier molecular flexibility index (Phi) is 2.96. The Morgan fingerprint density at radius 1 is 1.47 bits per heavy atom. The van der Waals surface area contributed by atoms with Crippen LogP contribution in [0.15, 0.2) is 0 Å². The Hall–Kier alpha value is -1.35. The van der Waals surface area contributed by atoms with E-state index in [1.54, 1.807) is 4.90 Å². The number of aliphatic carboxylic acids is 1. The molecule has 0 saturated carbocycles. The molecular weight excluding hydrogens is 250 g/mol. The van der Waals surface area contributed by atoms with Crippen LogP contribution in [0.5, 0.6) is 0 Å². The number of hydrogen-bond acceptors (Lipinski definition) is 4. The Morgan fingerprint density at radius 3 is 2.82 bits per heavy atom. The second kappa shape index (κ2) is 4.15. The first kappa shape index (κ1) is 12.1. The summed E-state index contributed by atoms with van der Waals surface area (Å²) in [5, 5.41) is 11.2. The fraction of sp³-hybridized carbons (Fsp3) is 0.750. The zero-order valence-corrected chi connectivity index (χ0v) is 9.81. The SMILES string of the molecule is O=C(O)CS(=O)(=O)N1CCN2C(=O)NCC2C1. The van der Waals surface area contributed by atoms with Crippen LogP contribution in [0.1, 0.15) is 0 Å². The number of carboxylic acid groups (broad SMARTS) is 1. The zero-order valence-electron chi connectivity index (χ0n) is 9.00. The minimum absolute atomic E-state index is 0.152. The van der Waals surface area contributed by atoms with Crippen molar-refractivity contribution in [3.8, 4) is 0 Å². The zero-order chi connectivity index (χ0) is 12.6. The van der Waals surface area contributed by atoms with Gasteiger partial charge in [0.25, 0.3) is 0 Å². The molecule has 2 rings (SSSR count). The van der Waals surface area contributed by atoms with Gasteiger partial charge in [-0.05, 0) is 0 Å². The molecule has 2 saturated heterocycles. The monoisotopic (exact) mass is 263 g/mol. The van der Waals surface area contributed by atoms with Crippen LogP contribution in [-0.2, 0) is 14.8 Å². The maximum absolute atomic E-state index is 11.7. The van der Waals surface area contributed by atoms with E-state index in [9.17, 15) is 18.0 Å². The van der Waals surface area contributed by atoms with Crippen LogP contribution in [0.4, 0.5) is 4.79 Å². The quantitative estimate of drug-likeness (QED) is 0.619. The average Bonchev–Trinajstić information content (AvgIpc) is 2.58. The number of urea groups is 1. The highest BCUT2D eigenvalue weighted by atomic mass is 32.2. The number of sulfonamides is 1. The molecule has 0 aromatic heterocycles. The summed E-state index contributed by atoms with van der Waals surface area (Å²) in [4.78, 5) is 23.3. The third kappa shape index (κ3) is 2.34. The number of hydrogen-bond donors (Lipinski definition) is 2. The molecule has 2 N–H and O–H groups in total. The molecule has 0 aromatic carbocycles. The van der Waals surface area contributed by atoms with Gasteiger partial charge in [0.05, 0.1) is 6.04 Å². The van der Waals surface area contributed by atoms with Gasteiger partial charge in [-0.2, -0.15) is 4.31 Å². The third-order valence-electron chi connectivity index (χ3n) is 2.89. The van der Waals surface area contributed by atoms with Gasteiger partial charge in [0, 0.05) is 26.2 Å². The molecule has 0 aromatic rings. The van der Waals surface area contributed by atoms with Gasteiger partial charge in [0.1, 0.15) is 0 Å². The molecule has 0 radical (unpaired) electrons. The van der Waals surface area contributed by atoms with Crippen LogP contribution >= 0.6 is 0 Å². The number of amides is 2. The summed E-state index contributed by atoms with van der Waals surface area (Å²) in [6.45, 7) is 1.02. The summed E-state index contributed by atoms with van der Waals surface area (Å²) in [5.74, 6) is -2.27. The van der Waals surface area contributed by atoms with Gasteiger partial charge >= 0.3 is 12.0 Å². The van der Waals surface area contributed by atoms with E-state index in [2.05, 4.69) is 5.32 Å². The molecule has 96 valence electrons. The Balaban J connectivity index is 2.06. The topological polar surface area (TPSA) is 107 Å². The second-order valence-corrected chi connectivity index (χ2v) is 6.01. The van der Waals surface area contributed by atoms with Crippen LogP contribution in [-0.4, -0.2) is 72.7 Å². The van der Waals surface area contributed by atoms with Gasteiger partial charge in [-0.3, -0.25) is 4.79 Å². The number of rotatable bonds is 3. The minimum atomic E-state index is -3.77. The lowest BCUT2D eigenvalue weighted by atomic mass is 10.2. The lowest BCUT2D eigenvalue weighted by molar-refractivity contribution is -0.134. The highest BCUT2D eigenvalue weighted by molar-refractivity contribution is 7.89. The van der Waals surface area contributed by atoms with Crippen LogP contribution < -0.4 is 5.32 Å². The number of nitrogens with zero attached hydrogens (tertiary/aromatic N) is 2. The standard InChI is InChI=1S/C8H13N3O5S/c12-7(13)5-17(15,16)10-1-2-11-6(4-10)3-9-8(11)14/h6H,1-5H2,(H,9,14)(H,12,13). The third-order valence-corrected chi connectivity index (χ3v) is 4.62. The van der Waals surface area contributed by atoms with Crippen LogP contribution in [0.25, 0.3) is 0 Å². The summed E-state index contributed by atoms with van der Waals surface area (Å²) in [6.07, 6.45) is 0. The van der Waals surface area contributed by atoms with E-state index in [-0.39, 0.29) is 25.2 Å². The predicted molar refractivity (Wildman–Crippen MR) is 56.9 cm³/mol. The fourth-order valence-electron chi connectivity index (χ4n) is 2.08. The van der Waals surface area contributed by atoms with E-state index in [0.29, 0.717) is 13.1 Å². The van der Waals surface area contributed by atoms with Crippen molar-refractivity contribution in [1.29, 1.82) is 0 Å². The second-order valence-electron chi connectivity index (χ2n) is 4.04. The largest absolute Gasteiger partial charge is 0.480 e. The van der Waals surface area contributed by atoms with E-state index in [4.69, 9.17) is 5.11 Å². The molecule has 2 amide bonds. The number of carbonyl (C=O) groups is 2. The molecule has 0 bridgehead atoms. The predicted octanol–water partition coefficient (Wildman–Crippen LogP) is -1.89. The Labute approximate surface area is 98.2 Å². The first-order valence-electron chi connectivity index (χ1n) is 5.14. The maximum Gasteiger partial charge on any atom is 0.320 e. The molecular formula is C8H13N3O5S. The molecule has 2 aliphatic rings. The van der Waals surface area contributed by atoms with Crippen molar-refractivity contribution < 1.29 is 23.1 Å². The molecule has 1 atom stereocenters. The number of carbonyl (C=O) groups excluding carboxylic acids is 1. The summed E-state index contributed by atoms with van der Waals surface area (Å²) in [5.41, 5.74) is 0. The molecule has 17 heavy (non-hydrogen) atoms. The van der Waals surface area contributed by atoms with Crippen molar-refractivity contribution in [1.82, 2.24) is 14.5 Å². The van der Waals surface area contributed by atoms with Gasteiger partial charge in [-0.25, -0.2) is 13.2 Å². The van der Waals surface area contributed by atoms with Gasteiger partial charge < -0.3 is 15.3 Å². The Morgan fingerprint density at radius 2 is 2.18 bits per heavy atom. The normalized spacial score (nSPS) is 25.5. The molecule has 1 unspecified atom stereocenters. The first-order chi connectivity index (χ1) is 7.90. The fourth-order valence-corrected chi connectivity index (χ4v) is 3.33. The van der Waals surface area contributed by atoms with Gasteiger partial charge in [-0.15, -0.1) is 0 Å². The summed E-state index contributed by atoms with van der Waals surface area (Å²) in [7, 11) is -3.77. The number of fused-ring (bicyclic) bond motifs is 1. The number of piperazine rings is 1. The average molecular weight is 263 g/mol. The first-order valence-corrected chi connectivity index (χ1v) is 6.75. The van der Waals surface area contributed by atoms with Crippen molar-refractivity contribution >= 4 is 22.0 Å². The van der Waals surface area contributed by atoms with E-state index in [0.717, 1.165) is 4.31 Å². The lowest BCUT2D eigenvalue weighted by Crippen LogP contribution is -2.54. The maximum atomic E-state index is 11.7. The van der Waals surface area contributed by atoms with E-state index in [1.165, 1.54) is 0 Å². The van der Waals surface area contributed by atoms with Gasteiger partial charge in [0.15, 0.2) is 5.75 Å². The molecule has 0 aliphatic carbocycles. The van der Waals surface area contributed by atoms with Crippen LogP contribution in [0.2, 0.25) is 0 Å². The summed E-state index contributed by atoms with van der Waals surface area (Å²) < 4.78 is 24.5. The molecule has 2 fully saturated rings. The number of nitrogens with one attached hydrogen (secondary N) is 1. The smallest absolute Gasteiger partial charge is 0.320 e. The van der Waals surface area contributed by atoms with Crippen molar-refractivity contribution in [2.75, 3.05) is 31.9 Å². The molecule has 2 heterocycles. The van der Waals surface area contributed by atoms with Gasteiger partial charge in [-0.1, -0.05) is 0 Å². The van der Waals surface area contributed by atoms with Crippen molar-refractivity contribution in [2.24, 2.45) is 0 Å². The van der Waals surface area contributed by atoms with Crippen LogP contribution in [0.3, 0.4) is 0 Å². The van der Waals surface area contributed by atoms with E-state index < -0.39 is 21.7 Å². The lowest BCUT2D eigenvalue weighted by Gasteiger charge is -2.35. The minimum Gasteiger partial charge on any atom is -0.480 e. The van der Waals surface area contributed by atoms with Crippen molar-refractivity contribution in [3.05, 3.63) is 0 Å².